The van der Waals surface area contributed by atoms with Crippen LogP contribution in [-0.2, 0) is 72.5 Å². The fourth-order valence-electron chi connectivity index (χ4n) is 6.08. The van der Waals surface area contributed by atoms with E-state index in [9.17, 15) is 51.6 Å². The van der Waals surface area contributed by atoms with E-state index in [0.29, 0.717) is 28.2 Å². The van der Waals surface area contributed by atoms with Crippen molar-refractivity contribution in [2.45, 2.75) is 70.7 Å². The van der Waals surface area contributed by atoms with Gasteiger partial charge >= 0.3 is 18.2 Å². The molecule has 0 fully saturated rings. The van der Waals surface area contributed by atoms with Gasteiger partial charge in [-0.25, -0.2) is 18.0 Å². The molecular weight excluding hydrogens is 977 g/mol. The van der Waals surface area contributed by atoms with Crippen LogP contribution in [0.25, 0.3) is 0 Å². The van der Waals surface area contributed by atoms with Crippen LogP contribution in [0.15, 0.2) is 91.5 Å². The van der Waals surface area contributed by atoms with Crippen molar-refractivity contribution in [3.63, 3.8) is 0 Å². The van der Waals surface area contributed by atoms with Crippen LogP contribution in [0.5, 0.6) is 11.5 Å². The van der Waals surface area contributed by atoms with Gasteiger partial charge in [0.15, 0.2) is 0 Å². The van der Waals surface area contributed by atoms with E-state index in [0.717, 1.165) is 0 Å². The molecule has 396 valence electrons. The minimum atomic E-state index is -4.17. The number of amides is 8. The number of hydrogen-bond acceptors (Lipinski definition) is 15. The molecule has 0 saturated heterocycles. The maximum absolute atomic E-state index is 13.7. The molecule has 3 rings (SSSR count). The Hall–Kier alpha value is -8.22. The Kier molecular flexibility index (Phi) is 24.7. The van der Waals surface area contributed by atoms with E-state index in [4.69, 9.17) is 24.1 Å². The van der Waals surface area contributed by atoms with Crippen LogP contribution >= 0.6 is 0 Å². The monoisotopic (exact) mass is 1040 g/mol. The van der Waals surface area contributed by atoms with Crippen LogP contribution in [0.1, 0.15) is 50.3 Å². The van der Waals surface area contributed by atoms with Crippen molar-refractivity contribution in [2.75, 3.05) is 51.7 Å². The Morgan fingerprint density at radius 1 is 0.630 bits per heavy atom. The number of ether oxygens (including phenoxy) is 4. The van der Waals surface area contributed by atoms with Crippen molar-refractivity contribution in [3.8, 4) is 11.5 Å². The number of sulfonamides is 1. The summed E-state index contributed by atoms with van der Waals surface area (Å²) in [6.07, 6.45) is -0.906. The van der Waals surface area contributed by atoms with Crippen LogP contribution in [0.4, 0.5) is 9.59 Å². The van der Waals surface area contributed by atoms with E-state index in [1.165, 1.54) is 6.08 Å². The zero-order chi connectivity index (χ0) is 53.8. The third kappa shape index (κ3) is 26.0. The van der Waals surface area contributed by atoms with Gasteiger partial charge in [-0.15, -0.1) is 0 Å². The van der Waals surface area contributed by atoms with E-state index in [2.05, 4.69) is 43.8 Å². The number of rotatable bonds is 30. The van der Waals surface area contributed by atoms with Gasteiger partial charge in [-0.1, -0.05) is 67.3 Å². The third-order valence-electron chi connectivity index (χ3n) is 9.40. The summed E-state index contributed by atoms with van der Waals surface area (Å²) >= 11 is 0. The Balaban J connectivity index is 1.58. The Morgan fingerprint density at radius 3 is 1.73 bits per heavy atom. The average molecular weight is 1040 g/mol. The Labute approximate surface area is 422 Å². The molecule has 0 aliphatic heterocycles. The summed E-state index contributed by atoms with van der Waals surface area (Å²) in [5.74, 6) is -6.03. The summed E-state index contributed by atoms with van der Waals surface area (Å²) in [7, 11) is -4.17. The van der Waals surface area contributed by atoms with Gasteiger partial charge < -0.3 is 61.3 Å². The van der Waals surface area contributed by atoms with E-state index < -0.39 is 120 Å². The molecule has 0 saturated carbocycles. The van der Waals surface area contributed by atoms with Gasteiger partial charge in [0.2, 0.25) is 39.6 Å². The summed E-state index contributed by atoms with van der Waals surface area (Å²) in [4.78, 5) is 113. The molecular formula is C48H62N8O16S. The second kappa shape index (κ2) is 30.5. The zero-order valence-corrected chi connectivity index (χ0v) is 41.4. The average Bonchev–Trinajstić information content (AvgIpc) is 3.33. The lowest BCUT2D eigenvalue weighted by atomic mass is 10.0. The van der Waals surface area contributed by atoms with Gasteiger partial charge in [0.1, 0.15) is 55.5 Å². The standard InChI is InChI=1S/C48H62N8O16S/c1-5-22-70-46(65)49-21-23-69-35-17-15-34(16-18-35)31-71-47(66)53-29-41(59)55-38(26-33-13-19-36(20-14-33)72-48(2,3)4)45(64)52-28-40(58)54-37(25-32-10-7-6-8-11-32)44(63)51-27-39(57)50-30-42(60)56-73(67,68)24-9-12-43(61)62/h5-8,10-11,13-20,37-38H,1,9,12,21-31H2,2-4H3,(H,49,65)(H,50,57)(H,51,63)(H,52,64)(H,53,66)(H,54,58)(H,55,59)(H,56,60)(H,61,62)/t37-,38-/m0/s1. The van der Waals surface area contributed by atoms with E-state index in [-0.39, 0.29) is 45.6 Å². The number of hydrogen-bond donors (Lipinski definition) is 9. The molecule has 0 aromatic heterocycles. The number of carboxylic acid groups (broad SMARTS) is 1. The quantitative estimate of drug-likeness (QED) is 0.0324. The van der Waals surface area contributed by atoms with Crippen molar-refractivity contribution >= 4 is 63.6 Å². The molecule has 0 aliphatic rings. The number of aliphatic carboxylic acids is 1. The van der Waals surface area contributed by atoms with Crippen LogP contribution in [0.2, 0.25) is 0 Å². The molecule has 0 radical (unpaired) electrons. The van der Waals surface area contributed by atoms with E-state index in [1.807, 2.05) is 20.8 Å². The maximum atomic E-state index is 13.7. The number of nitrogens with one attached hydrogen (secondary N) is 8. The Morgan fingerprint density at radius 2 is 1.15 bits per heavy atom. The molecule has 8 amide bonds. The molecule has 9 N–H and O–H groups in total. The molecule has 0 unspecified atom stereocenters. The lowest BCUT2D eigenvalue weighted by molar-refractivity contribution is -0.137. The summed E-state index contributed by atoms with van der Waals surface area (Å²) < 4.78 is 47.2. The highest BCUT2D eigenvalue weighted by Crippen LogP contribution is 2.19. The lowest BCUT2D eigenvalue weighted by Gasteiger charge is -2.22. The fourth-order valence-corrected chi connectivity index (χ4v) is 7.13. The van der Waals surface area contributed by atoms with Gasteiger partial charge in [0.25, 0.3) is 5.91 Å². The van der Waals surface area contributed by atoms with Crippen molar-refractivity contribution in [3.05, 3.63) is 108 Å². The first kappa shape index (κ1) is 59.1. The molecule has 0 spiro atoms. The molecule has 25 heteroatoms. The maximum Gasteiger partial charge on any atom is 0.407 e. The molecule has 0 heterocycles. The van der Waals surface area contributed by atoms with Gasteiger partial charge in [0, 0.05) is 19.3 Å². The van der Waals surface area contributed by atoms with E-state index >= 15 is 0 Å². The highest BCUT2D eigenvalue weighted by Gasteiger charge is 2.26. The third-order valence-corrected chi connectivity index (χ3v) is 10.8. The smallest absolute Gasteiger partial charge is 0.407 e. The minimum absolute atomic E-state index is 0.0580. The van der Waals surface area contributed by atoms with Gasteiger partial charge in [0.05, 0.1) is 31.9 Å². The molecule has 3 aromatic rings. The molecule has 2 atom stereocenters. The van der Waals surface area contributed by atoms with Crippen molar-refractivity contribution < 1.29 is 75.6 Å². The van der Waals surface area contributed by atoms with Crippen LogP contribution in [0, 0.1) is 0 Å². The van der Waals surface area contributed by atoms with Crippen LogP contribution in [0.3, 0.4) is 0 Å². The predicted molar refractivity (Wildman–Crippen MR) is 262 cm³/mol. The minimum Gasteiger partial charge on any atom is -0.492 e. The van der Waals surface area contributed by atoms with Crippen molar-refractivity contribution in [1.29, 1.82) is 0 Å². The Bertz CT molecular complexity index is 2470. The molecule has 24 nitrogen and oxygen atoms in total. The number of carbonyl (C=O) groups excluding carboxylic acids is 8. The van der Waals surface area contributed by atoms with Gasteiger partial charge in [-0.05, 0) is 68.1 Å². The van der Waals surface area contributed by atoms with E-state index in [1.54, 1.807) is 83.6 Å². The number of carboxylic acids is 1. The van der Waals surface area contributed by atoms with Crippen molar-refractivity contribution in [2.24, 2.45) is 0 Å². The summed E-state index contributed by atoms with van der Waals surface area (Å²) in [5.41, 5.74) is 1.31. The highest BCUT2D eigenvalue weighted by atomic mass is 32.2. The summed E-state index contributed by atoms with van der Waals surface area (Å²) in [6, 6.07) is 19.3. The highest BCUT2D eigenvalue weighted by molar-refractivity contribution is 7.90. The second-order valence-electron chi connectivity index (χ2n) is 16.8. The molecule has 73 heavy (non-hydrogen) atoms. The first-order chi connectivity index (χ1) is 34.6. The summed E-state index contributed by atoms with van der Waals surface area (Å²) in [5, 5.41) is 25.6. The second-order valence-corrected chi connectivity index (χ2v) is 18.6. The molecule has 3 aromatic carbocycles. The normalized spacial score (nSPS) is 11.7. The zero-order valence-electron chi connectivity index (χ0n) is 40.6. The van der Waals surface area contributed by atoms with Crippen LogP contribution in [-0.4, -0.2) is 136 Å². The SMILES string of the molecule is C=CCOC(=O)NCCOc1ccc(COC(=O)NCC(=O)N[C@@H](Cc2ccc(OC(C)(C)C)cc2)C(=O)NCC(=O)N[C@@H](Cc2ccccc2)C(=O)NCC(=O)NCC(=O)NS(=O)(=O)CCCC(=O)O)cc1. The largest absolute Gasteiger partial charge is 0.492 e. The first-order valence-electron chi connectivity index (χ1n) is 22.7. The fraction of sp³-hybridized carbons (Fsp3) is 0.396. The first-order valence-corrected chi connectivity index (χ1v) is 24.4. The topological polar surface area (TPSA) is 341 Å². The van der Waals surface area contributed by atoms with Crippen molar-refractivity contribution in [1.82, 2.24) is 41.9 Å². The molecule has 0 aliphatic carbocycles. The summed E-state index contributed by atoms with van der Waals surface area (Å²) in [6.45, 7) is 6.63. The number of carbonyl (C=O) groups is 9. The predicted octanol–water partition coefficient (Wildman–Crippen LogP) is 0.496. The molecule has 0 bridgehead atoms. The lowest BCUT2D eigenvalue weighted by Crippen LogP contribution is -2.54. The van der Waals surface area contributed by atoms with Gasteiger partial charge in [-0.2, -0.15) is 0 Å². The van der Waals surface area contributed by atoms with Crippen LogP contribution < -0.4 is 51.4 Å². The van der Waals surface area contributed by atoms with Gasteiger partial charge in [-0.3, -0.25) is 38.3 Å². The number of alkyl carbamates (subject to hydrolysis) is 2. The number of benzene rings is 3.